The van der Waals surface area contributed by atoms with E-state index in [0.29, 0.717) is 28.8 Å². The quantitative estimate of drug-likeness (QED) is 0.545. The third kappa shape index (κ3) is 3.89. The number of hydrogen-bond acceptors (Lipinski definition) is 7. The molecule has 1 fully saturated rings. The summed E-state index contributed by atoms with van der Waals surface area (Å²) in [5, 5.41) is 16.6. The number of anilines is 1. The molecule has 0 aromatic heterocycles. The first-order valence-electron chi connectivity index (χ1n) is 9.64. The van der Waals surface area contributed by atoms with Crippen LogP contribution in [0.5, 0.6) is 11.5 Å². The van der Waals surface area contributed by atoms with E-state index in [1.165, 1.54) is 0 Å². The zero-order chi connectivity index (χ0) is 18.8. The zero-order valence-corrected chi connectivity index (χ0v) is 15.8. The lowest BCUT2D eigenvalue weighted by molar-refractivity contribution is 0.173. The van der Waals surface area contributed by atoms with Gasteiger partial charge in [-0.2, -0.15) is 0 Å². The highest BCUT2D eigenvalue weighted by Gasteiger charge is 2.29. The number of rotatable bonds is 4. The van der Waals surface area contributed by atoms with Crippen LogP contribution < -0.4 is 36.1 Å². The SMILES string of the molecule is CNC1CC(C)NC(Nc2cc3c(c(C4=CCNCCC4)c2F)OCO3)N1. The van der Waals surface area contributed by atoms with Crippen LogP contribution in [0.1, 0.15) is 31.7 Å². The smallest absolute Gasteiger partial charge is 0.231 e. The number of benzene rings is 1. The molecule has 0 amide bonds. The fourth-order valence-electron chi connectivity index (χ4n) is 3.91. The fourth-order valence-corrected chi connectivity index (χ4v) is 3.91. The van der Waals surface area contributed by atoms with Crippen LogP contribution >= 0.6 is 0 Å². The molecule has 1 aromatic rings. The first-order chi connectivity index (χ1) is 13.2. The molecule has 3 aliphatic rings. The Morgan fingerprint density at radius 1 is 1.26 bits per heavy atom. The van der Waals surface area contributed by atoms with Crippen molar-refractivity contribution in [3.8, 4) is 11.5 Å². The van der Waals surface area contributed by atoms with E-state index in [2.05, 4.69) is 33.5 Å². The van der Waals surface area contributed by atoms with Gasteiger partial charge in [0.25, 0.3) is 0 Å². The van der Waals surface area contributed by atoms with E-state index in [9.17, 15) is 0 Å². The number of hydrogen-bond donors (Lipinski definition) is 5. The third-order valence-electron chi connectivity index (χ3n) is 5.27. The Hall–Kier alpha value is -1.87. The molecule has 5 N–H and O–H groups in total. The van der Waals surface area contributed by atoms with Crippen molar-refractivity contribution >= 4 is 11.3 Å². The molecule has 7 nitrogen and oxygen atoms in total. The number of fused-ring (bicyclic) bond motifs is 1. The van der Waals surface area contributed by atoms with Crippen LogP contribution in [0.15, 0.2) is 12.1 Å². The van der Waals surface area contributed by atoms with Gasteiger partial charge in [0.1, 0.15) is 6.29 Å². The van der Waals surface area contributed by atoms with E-state index in [1.54, 1.807) is 6.07 Å². The van der Waals surface area contributed by atoms with Crippen molar-refractivity contribution in [3.05, 3.63) is 23.5 Å². The predicted molar refractivity (Wildman–Crippen MR) is 103 cm³/mol. The van der Waals surface area contributed by atoms with Crippen molar-refractivity contribution in [2.24, 2.45) is 0 Å². The van der Waals surface area contributed by atoms with E-state index in [1.807, 2.05) is 13.1 Å². The molecule has 3 atom stereocenters. The minimum atomic E-state index is -0.296. The largest absolute Gasteiger partial charge is 0.453 e. The normalized spacial score (nSPS) is 27.8. The minimum absolute atomic E-state index is 0.121. The molecule has 148 valence electrons. The monoisotopic (exact) mass is 377 g/mol. The van der Waals surface area contributed by atoms with E-state index in [0.717, 1.165) is 37.9 Å². The first kappa shape index (κ1) is 18.5. The van der Waals surface area contributed by atoms with Crippen LogP contribution in [-0.2, 0) is 0 Å². The van der Waals surface area contributed by atoms with Crippen molar-refractivity contribution in [3.63, 3.8) is 0 Å². The highest BCUT2D eigenvalue weighted by atomic mass is 19.1. The summed E-state index contributed by atoms with van der Waals surface area (Å²) in [7, 11) is 1.92. The second kappa shape index (κ2) is 8.02. The molecule has 0 radical (unpaired) electrons. The summed E-state index contributed by atoms with van der Waals surface area (Å²) in [5.74, 6) is 0.800. The molecule has 1 aromatic carbocycles. The van der Waals surface area contributed by atoms with Crippen molar-refractivity contribution in [1.82, 2.24) is 21.3 Å². The van der Waals surface area contributed by atoms with Gasteiger partial charge < -0.3 is 25.4 Å². The zero-order valence-electron chi connectivity index (χ0n) is 15.8. The molecule has 0 spiro atoms. The topological polar surface area (TPSA) is 78.6 Å². The van der Waals surface area contributed by atoms with Crippen molar-refractivity contribution in [2.75, 3.05) is 32.2 Å². The summed E-state index contributed by atoms with van der Waals surface area (Å²) >= 11 is 0. The molecule has 3 heterocycles. The van der Waals surface area contributed by atoms with Crippen LogP contribution in [0.2, 0.25) is 0 Å². The Morgan fingerprint density at radius 3 is 3.00 bits per heavy atom. The van der Waals surface area contributed by atoms with Crippen molar-refractivity contribution in [2.45, 2.75) is 44.7 Å². The summed E-state index contributed by atoms with van der Waals surface area (Å²) < 4.78 is 26.7. The molecule has 27 heavy (non-hydrogen) atoms. The van der Waals surface area contributed by atoms with Crippen LogP contribution in [-0.4, -0.2) is 45.4 Å². The summed E-state index contributed by atoms with van der Waals surface area (Å²) in [6.45, 7) is 3.90. The van der Waals surface area contributed by atoms with E-state index in [-0.39, 0.29) is 25.1 Å². The Morgan fingerprint density at radius 2 is 2.15 bits per heavy atom. The maximum absolute atomic E-state index is 15.5. The van der Waals surface area contributed by atoms with Crippen LogP contribution in [0.3, 0.4) is 0 Å². The Labute approximate surface area is 159 Å². The van der Waals surface area contributed by atoms with Crippen molar-refractivity contribution < 1.29 is 13.9 Å². The number of ether oxygens (including phenoxy) is 2. The van der Waals surface area contributed by atoms with Gasteiger partial charge >= 0.3 is 0 Å². The molecule has 8 heteroatoms. The second-order valence-electron chi connectivity index (χ2n) is 7.27. The van der Waals surface area contributed by atoms with Gasteiger partial charge in [-0.3, -0.25) is 10.6 Å². The summed E-state index contributed by atoms with van der Waals surface area (Å²) in [6, 6.07) is 1.99. The maximum atomic E-state index is 15.5. The molecule has 0 aliphatic carbocycles. The molecule has 3 unspecified atom stereocenters. The van der Waals surface area contributed by atoms with E-state index in [4.69, 9.17) is 9.47 Å². The lowest BCUT2D eigenvalue weighted by Gasteiger charge is -2.37. The lowest BCUT2D eigenvalue weighted by Crippen LogP contribution is -2.63. The maximum Gasteiger partial charge on any atom is 0.231 e. The second-order valence-corrected chi connectivity index (χ2v) is 7.27. The van der Waals surface area contributed by atoms with Crippen molar-refractivity contribution in [1.29, 1.82) is 0 Å². The van der Waals surface area contributed by atoms with Gasteiger partial charge in [0, 0.05) is 18.7 Å². The minimum Gasteiger partial charge on any atom is -0.453 e. The molecular weight excluding hydrogens is 349 g/mol. The van der Waals surface area contributed by atoms with Gasteiger partial charge in [-0.05, 0) is 45.4 Å². The first-order valence-corrected chi connectivity index (χ1v) is 9.64. The third-order valence-corrected chi connectivity index (χ3v) is 5.27. The van der Waals surface area contributed by atoms with Gasteiger partial charge in [0.2, 0.25) is 6.79 Å². The summed E-state index contributed by atoms with van der Waals surface area (Å²) in [5.41, 5.74) is 1.89. The molecule has 4 rings (SSSR count). The molecule has 1 saturated heterocycles. The molecular formula is C19H28FN5O2. The lowest BCUT2D eigenvalue weighted by atomic mass is 9.98. The summed E-state index contributed by atoms with van der Waals surface area (Å²) in [4.78, 5) is 0. The van der Waals surface area contributed by atoms with Gasteiger partial charge in [0.15, 0.2) is 17.3 Å². The van der Waals surface area contributed by atoms with Gasteiger partial charge in [0.05, 0.1) is 17.4 Å². The van der Waals surface area contributed by atoms with Crippen LogP contribution in [0.25, 0.3) is 5.57 Å². The molecule has 3 aliphatic heterocycles. The highest BCUT2D eigenvalue weighted by Crippen LogP contribution is 2.45. The number of nitrogens with one attached hydrogen (secondary N) is 5. The van der Waals surface area contributed by atoms with Crippen LogP contribution in [0.4, 0.5) is 10.1 Å². The van der Waals surface area contributed by atoms with Gasteiger partial charge in [-0.15, -0.1) is 0 Å². The Balaban J connectivity index is 1.65. The van der Waals surface area contributed by atoms with E-state index < -0.39 is 0 Å². The standard InChI is InChI=1S/C19H28FN5O2/c1-11-8-15(21-2)25-19(23-11)24-13-9-14-18(27-10-26-14)16(17(13)20)12-4-3-6-22-7-5-12/h5,9,11,15,19,21-25H,3-4,6-8,10H2,1-2H3. The van der Waals surface area contributed by atoms with Gasteiger partial charge in [-0.25, -0.2) is 4.39 Å². The Bertz CT molecular complexity index is 727. The number of allylic oxidation sites excluding steroid dienone is 1. The fraction of sp³-hybridized carbons (Fsp3) is 0.579. The van der Waals surface area contributed by atoms with E-state index >= 15 is 4.39 Å². The highest BCUT2D eigenvalue weighted by molar-refractivity contribution is 5.78. The Kier molecular flexibility index (Phi) is 5.49. The average Bonchev–Trinajstić information content (AvgIpc) is 2.95. The predicted octanol–water partition coefficient (Wildman–Crippen LogP) is 1.53. The molecule has 0 saturated carbocycles. The van der Waals surface area contributed by atoms with Gasteiger partial charge in [-0.1, -0.05) is 6.08 Å². The van der Waals surface area contributed by atoms with Crippen LogP contribution in [0, 0.1) is 5.82 Å². The average molecular weight is 377 g/mol. The summed E-state index contributed by atoms with van der Waals surface area (Å²) in [6.07, 6.45) is 4.68. The number of halogens is 1. The molecule has 0 bridgehead atoms.